The Bertz CT molecular complexity index is 419. The molecule has 0 spiro atoms. The molecule has 3 nitrogen and oxygen atoms in total. The molecule has 1 N–H and O–H groups in total. The molecule has 0 heterocycles. The van der Waals surface area contributed by atoms with Crippen molar-refractivity contribution in [3.8, 4) is 25.7 Å². The van der Waals surface area contributed by atoms with Gasteiger partial charge in [-0.1, -0.05) is 40.0 Å². The van der Waals surface area contributed by atoms with Crippen molar-refractivity contribution in [1.82, 2.24) is 0 Å². The van der Waals surface area contributed by atoms with Crippen LogP contribution in [-0.2, 0) is 9.53 Å². The van der Waals surface area contributed by atoms with E-state index in [1.807, 2.05) is 0 Å². The normalized spacial score (nSPS) is 35.7. The molecule has 1 unspecified atom stereocenters. The number of aliphatic hydroxyl groups is 1. The molecule has 6 atom stereocenters. The zero-order valence-electron chi connectivity index (χ0n) is 15.7. The summed E-state index contributed by atoms with van der Waals surface area (Å²) in [4.78, 5) is 11.0. The predicted octanol–water partition coefficient (Wildman–Crippen LogP) is 4.25. The fraction of sp³-hybridized carbons (Fsp3) is 0.762. The number of terminal acetylenes is 2. The van der Waals surface area contributed by atoms with Crippen molar-refractivity contribution < 1.29 is 14.6 Å². The summed E-state index contributed by atoms with van der Waals surface area (Å²) in [6, 6.07) is 0. The first kappa shape index (κ1) is 22.6. The van der Waals surface area contributed by atoms with E-state index in [-0.39, 0.29) is 5.97 Å². The molecule has 0 bridgehead atoms. The van der Waals surface area contributed by atoms with Crippen molar-refractivity contribution in [3.63, 3.8) is 0 Å². The van der Waals surface area contributed by atoms with Crippen molar-refractivity contribution in [1.29, 1.82) is 0 Å². The van der Waals surface area contributed by atoms with E-state index in [1.165, 1.54) is 39.0 Å². The van der Waals surface area contributed by atoms with Crippen molar-refractivity contribution in [2.45, 2.75) is 72.5 Å². The Hall–Kier alpha value is -1.45. The fourth-order valence-electron chi connectivity index (χ4n) is 5.17. The molecule has 0 aromatic rings. The maximum absolute atomic E-state index is 11.0. The van der Waals surface area contributed by atoms with Crippen LogP contribution in [0, 0.1) is 54.8 Å². The third-order valence-electron chi connectivity index (χ3n) is 6.13. The van der Waals surface area contributed by atoms with Crippen LogP contribution in [0.15, 0.2) is 0 Å². The van der Waals surface area contributed by atoms with E-state index >= 15 is 0 Å². The molecule has 0 saturated heterocycles. The Balaban J connectivity index is 0.00000123. The van der Waals surface area contributed by atoms with Gasteiger partial charge in [-0.05, 0) is 41.9 Å². The maximum atomic E-state index is 11.0. The third-order valence-corrected chi connectivity index (χ3v) is 6.13. The molecule has 0 aromatic heterocycles. The number of fused-ring (bicyclic) bond motifs is 1. The molecule has 2 aliphatic carbocycles. The molecule has 0 radical (unpaired) electrons. The number of hydrogen-bond donors (Lipinski definition) is 1. The average molecular weight is 335 g/mol. The molecular formula is C21H34O3. The van der Waals surface area contributed by atoms with Crippen LogP contribution in [0.1, 0.15) is 66.2 Å². The van der Waals surface area contributed by atoms with Gasteiger partial charge in [0.2, 0.25) is 6.29 Å². The van der Waals surface area contributed by atoms with Gasteiger partial charge < -0.3 is 9.84 Å². The lowest BCUT2D eigenvalue weighted by molar-refractivity contribution is -0.175. The van der Waals surface area contributed by atoms with Crippen LogP contribution < -0.4 is 0 Å². The number of carbonyl (C=O) groups excluding carboxylic acids is 1. The van der Waals surface area contributed by atoms with Gasteiger partial charge in [0.05, 0.1) is 0 Å². The van der Waals surface area contributed by atoms with E-state index in [9.17, 15) is 9.90 Å². The first-order valence-corrected chi connectivity index (χ1v) is 8.86. The van der Waals surface area contributed by atoms with Crippen LogP contribution >= 0.6 is 0 Å². The van der Waals surface area contributed by atoms with Crippen LogP contribution in [0.3, 0.4) is 0 Å². The molecule has 0 aliphatic heterocycles. The minimum Gasteiger partial charge on any atom is -0.436 e. The van der Waals surface area contributed by atoms with E-state index in [0.29, 0.717) is 23.7 Å². The summed E-state index contributed by atoms with van der Waals surface area (Å²) in [6.07, 6.45) is 22.1. The van der Waals surface area contributed by atoms with E-state index < -0.39 is 6.29 Å². The molecular weight excluding hydrogens is 300 g/mol. The fourth-order valence-corrected chi connectivity index (χ4v) is 5.17. The highest BCUT2D eigenvalue weighted by molar-refractivity contribution is 5.66. The van der Waals surface area contributed by atoms with E-state index in [2.05, 4.69) is 46.5 Å². The summed E-state index contributed by atoms with van der Waals surface area (Å²) in [5.74, 6) is 2.22. The lowest BCUT2D eigenvalue weighted by atomic mass is 9.50. The molecule has 2 rings (SSSR count). The summed E-state index contributed by atoms with van der Waals surface area (Å²) in [7, 11) is 0. The first-order chi connectivity index (χ1) is 11.3. The number of ether oxygens (including phenoxy) is 1. The van der Waals surface area contributed by atoms with Crippen LogP contribution in [-0.4, -0.2) is 17.4 Å². The minimum atomic E-state index is -0.937. The summed E-state index contributed by atoms with van der Waals surface area (Å²) >= 11 is 0. The number of rotatable bonds is 3. The quantitative estimate of drug-likeness (QED) is 0.477. The van der Waals surface area contributed by atoms with Gasteiger partial charge in [-0.15, -0.1) is 25.7 Å². The van der Waals surface area contributed by atoms with Gasteiger partial charge in [-0.2, -0.15) is 0 Å². The third kappa shape index (κ3) is 5.29. The lowest BCUT2D eigenvalue weighted by Crippen LogP contribution is -2.48. The maximum Gasteiger partial charge on any atom is 0.304 e. The largest absolute Gasteiger partial charge is 0.436 e. The summed E-state index contributed by atoms with van der Waals surface area (Å²) < 4.78 is 4.97. The Morgan fingerprint density at radius 1 is 1.17 bits per heavy atom. The molecule has 2 fully saturated rings. The van der Waals surface area contributed by atoms with Crippen LogP contribution in [0.5, 0.6) is 0 Å². The molecule has 136 valence electrons. The first-order valence-electron chi connectivity index (χ1n) is 8.86. The summed E-state index contributed by atoms with van der Waals surface area (Å²) in [5, 5.41) is 10.0. The van der Waals surface area contributed by atoms with E-state index in [4.69, 9.17) is 4.74 Å². The average Bonchev–Trinajstić information content (AvgIpc) is 2.54. The van der Waals surface area contributed by atoms with Gasteiger partial charge in [0.15, 0.2) is 0 Å². The molecule has 24 heavy (non-hydrogen) atoms. The molecule has 0 aromatic carbocycles. The summed E-state index contributed by atoms with van der Waals surface area (Å²) in [5.41, 5.74) is 0.302. The number of aliphatic hydroxyl groups excluding tert-OH is 1. The van der Waals surface area contributed by atoms with Gasteiger partial charge in [0.25, 0.3) is 0 Å². The van der Waals surface area contributed by atoms with E-state index in [1.54, 1.807) is 0 Å². The van der Waals surface area contributed by atoms with Crippen molar-refractivity contribution in [2.75, 3.05) is 0 Å². The topological polar surface area (TPSA) is 46.5 Å². The van der Waals surface area contributed by atoms with Crippen molar-refractivity contribution >= 4 is 5.97 Å². The zero-order valence-corrected chi connectivity index (χ0v) is 15.7. The van der Waals surface area contributed by atoms with Crippen LogP contribution in [0.4, 0.5) is 0 Å². The SMILES string of the molecule is C#C.C#C.CC(=O)O[C@@H](O)C[C@H]1[C@@H](C)CCC2[C@@H](C)CCC[C@@]21C. The molecule has 3 heteroatoms. The number of carbonyl (C=O) groups is 1. The van der Waals surface area contributed by atoms with E-state index in [0.717, 1.165) is 11.8 Å². The lowest BCUT2D eigenvalue weighted by Gasteiger charge is -2.55. The second-order valence-electron chi connectivity index (χ2n) is 7.44. The highest BCUT2D eigenvalue weighted by atomic mass is 16.6. The standard InChI is InChI=1S/C17H30O3.2C2H2/c1-11-6-5-9-17(4)14(11)8-7-12(2)15(17)10-16(19)20-13(3)18;2*1-2/h11-12,14-16,19H,5-10H2,1-4H3;2*1-2H/t11-,12-,14?,15-,16+,17-;;/m0../s1. The second kappa shape index (κ2) is 10.4. The van der Waals surface area contributed by atoms with Crippen LogP contribution in [0.2, 0.25) is 0 Å². The molecule has 2 aliphatic rings. The zero-order chi connectivity index (χ0) is 18.9. The molecule has 2 saturated carbocycles. The van der Waals surface area contributed by atoms with Gasteiger partial charge in [-0.25, -0.2) is 0 Å². The monoisotopic (exact) mass is 334 g/mol. The Morgan fingerprint density at radius 2 is 1.75 bits per heavy atom. The smallest absolute Gasteiger partial charge is 0.304 e. The highest BCUT2D eigenvalue weighted by Crippen LogP contribution is 2.58. The second-order valence-corrected chi connectivity index (χ2v) is 7.44. The van der Waals surface area contributed by atoms with Crippen LogP contribution in [0.25, 0.3) is 0 Å². The number of hydrogen-bond acceptors (Lipinski definition) is 3. The highest BCUT2D eigenvalue weighted by Gasteiger charge is 2.50. The van der Waals surface area contributed by atoms with Crippen molar-refractivity contribution in [3.05, 3.63) is 0 Å². The number of esters is 1. The predicted molar refractivity (Wildman–Crippen MR) is 98.7 cm³/mol. The van der Waals surface area contributed by atoms with Gasteiger partial charge in [0, 0.05) is 13.3 Å². The molecule has 0 amide bonds. The van der Waals surface area contributed by atoms with Gasteiger partial charge in [0.1, 0.15) is 0 Å². The Morgan fingerprint density at radius 3 is 2.29 bits per heavy atom. The Labute approximate surface area is 148 Å². The Kier molecular flexibility index (Phi) is 9.79. The van der Waals surface area contributed by atoms with Gasteiger partial charge >= 0.3 is 5.97 Å². The van der Waals surface area contributed by atoms with Gasteiger partial charge in [-0.3, -0.25) is 4.79 Å². The summed E-state index contributed by atoms with van der Waals surface area (Å²) in [6.45, 7) is 8.46. The van der Waals surface area contributed by atoms with Crippen molar-refractivity contribution in [2.24, 2.45) is 29.1 Å². The minimum absolute atomic E-state index is 0.302.